The van der Waals surface area contributed by atoms with Gasteiger partial charge in [0.2, 0.25) is 0 Å². The minimum absolute atomic E-state index is 0.243. The fourth-order valence-corrected chi connectivity index (χ4v) is 4.64. The van der Waals surface area contributed by atoms with Crippen molar-refractivity contribution in [1.29, 1.82) is 0 Å². The minimum atomic E-state index is -0.613. The summed E-state index contributed by atoms with van der Waals surface area (Å²) in [6.07, 6.45) is 6.68. The van der Waals surface area contributed by atoms with Crippen LogP contribution < -0.4 is 21.3 Å². The Morgan fingerprint density at radius 3 is 2.73 bits per heavy atom. The van der Waals surface area contributed by atoms with Crippen molar-refractivity contribution in [2.75, 3.05) is 19.7 Å². The number of hydrogen-bond donors (Lipinski definition) is 2. The first-order valence-corrected chi connectivity index (χ1v) is 11.7. The van der Waals surface area contributed by atoms with Gasteiger partial charge in [0.05, 0.1) is 6.33 Å². The van der Waals surface area contributed by atoms with Gasteiger partial charge in [-0.3, -0.25) is 13.9 Å². The summed E-state index contributed by atoms with van der Waals surface area (Å²) in [6.45, 7) is 1.92. The lowest BCUT2D eigenvalue weighted by Crippen LogP contribution is -2.37. The molecule has 0 aliphatic heterocycles. The third-order valence-corrected chi connectivity index (χ3v) is 6.49. The molecule has 0 spiro atoms. The molecule has 2 aromatic heterocycles. The second-order valence-corrected chi connectivity index (χ2v) is 8.86. The van der Waals surface area contributed by atoms with E-state index >= 15 is 0 Å². The number of ether oxygens (including phenoxy) is 1. The highest BCUT2D eigenvalue weighted by Gasteiger charge is 2.20. The number of aliphatic hydroxyl groups is 1. The summed E-state index contributed by atoms with van der Waals surface area (Å²) in [6, 6.07) is 8.16. The van der Waals surface area contributed by atoms with Crippen LogP contribution in [0.25, 0.3) is 11.2 Å². The summed E-state index contributed by atoms with van der Waals surface area (Å²) in [5.74, 6) is 1.45. The average Bonchev–Trinajstić information content (AvgIpc) is 3.50. The van der Waals surface area contributed by atoms with Crippen LogP contribution in [0.3, 0.4) is 0 Å². The van der Waals surface area contributed by atoms with Crippen LogP contribution in [0, 0.1) is 0 Å². The number of nitrogens with one attached hydrogen (secondary N) is 1. The zero-order valence-corrected chi connectivity index (χ0v) is 19.4. The van der Waals surface area contributed by atoms with Crippen LogP contribution in [0.4, 0.5) is 0 Å². The Hall–Kier alpha value is -2.91. The fourth-order valence-electron chi connectivity index (χ4n) is 4.64. The maximum atomic E-state index is 12.5. The Morgan fingerprint density at radius 2 is 1.94 bits per heavy atom. The third-order valence-electron chi connectivity index (χ3n) is 6.49. The largest absolute Gasteiger partial charge is 0.491 e. The van der Waals surface area contributed by atoms with Gasteiger partial charge in [-0.2, -0.15) is 0 Å². The van der Waals surface area contributed by atoms with Crippen molar-refractivity contribution < 1.29 is 9.84 Å². The van der Waals surface area contributed by atoms with E-state index in [1.54, 1.807) is 17.9 Å². The highest BCUT2D eigenvalue weighted by Crippen LogP contribution is 2.38. The normalized spacial score (nSPS) is 15.4. The van der Waals surface area contributed by atoms with Gasteiger partial charge in [0.1, 0.15) is 18.5 Å². The Balaban J connectivity index is 1.24. The summed E-state index contributed by atoms with van der Waals surface area (Å²) >= 11 is 0. The standard InChI is InChI=1S/C24H33N5O4/c1-27-22-21(23(31)28(2)24(27)32)29(16-26-22)13-7-12-25-14-18(30)15-33-20-11-6-5-10-19(20)17-8-3-4-9-17/h5-6,10-11,16-18,25,30H,3-4,7-9,12-15H2,1-2H3. The Kier molecular flexibility index (Phi) is 7.29. The number of aromatic nitrogens is 4. The number of benzene rings is 1. The molecule has 1 aliphatic carbocycles. The molecule has 33 heavy (non-hydrogen) atoms. The Labute approximate surface area is 192 Å². The summed E-state index contributed by atoms with van der Waals surface area (Å²) in [7, 11) is 3.08. The summed E-state index contributed by atoms with van der Waals surface area (Å²) in [4.78, 5) is 28.8. The molecule has 178 valence electrons. The lowest BCUT2D eigenvalue weighted by atomic mass is 9.97. The van der Waals surface area contributed by atoms with Gasteiger partial charge in [-0.15, -0.1) is 0 Å². The fraction of sp³-hybridized carbons (Fsp3) is 0.542. The summed E-state index contributed by atoms with van der Waals surface area (Å²) < 4.78 is 10.2. The predicted octanol–water partition coefficient (Wildman–Crippen LogP) is 1.51. The molecule has 0 saturated heterocycles. The highest BCUT2D eigenvalue weighted by molar-refractivity contribution is 5.69. The van der Waals surface area contributed by atoms with Gasteiger partial charge in [0.15, 0.2) is 11.2 Å². The molecule has 2 N–H and O–H groups in total. The van der Waals surface area contributed by atoms with Crippen LogP contribution in [0.5, 0.6) is 5.75 Å². The van der Waals surface area contributed by atoms with E-state index in [4.69, 9.17) is 4.74 Å². The third kappa shape index (κ3) is 5.04. The number of aryl methyl sites for hydroxylation is 2. The van der Waals surface area contributed by atoms with Crippen molar-refractivity contribution in [3.05, 3.63) is 57.0 Å². The number of para-hydroxylation sites is 1. The highest BCUT2D eigenvalue weighted by atomic mass is 16.5. The molecule has 1 unspecified atom stereocenters. The molecule has 1 aromatic carbocycles. The Morgan fingerprint density at radius 1 is 1.18 bits per heavy atom. The van der Waals surface area contributed by atoms with Crippen molar-refractivity contribution in [3.8, 4) is 5.75 Å². The van der Waals surface area contributed by atoms with E-state index in [-0.39, 0.29) is 17.9 Å². The first-order chi connectivity index (χ1) is 16.0. The monoisotopic (exact) mass is 455 g/mol. The van der Waals surface area contributed by atoms with Gasteiger partial charge >= 0.3 is 5.69 Å². The van der Waals surface area contributed by atoms with Gasteiger partial charge in [-0.05, 0) is 43.4 Å². The maximum absolute atomic E-state index is 12.5. The van der Waals surface area contributed by atoms with Crippen LogP contribution in [0.2, 0.25) is 0 Å². The number of imidazole rings is 1. The molecule has 1 aliphatic rings. The van der Waals surface area contributed by atoms with Crippen molar-refractivity contribution >= 4 is 11.2 Å². The van der Waals surface area contributed by atoms with Crippen LogP contribution in [-0.2, 0) is 20.6 Å². The molecule has 2 heterocycles. The first kappa shape index (κ1) is 23.3. The molecule has 9 nitrogen and oxygen atoms in total. The van der Waals surface area contributed by atoms with E-state index in [9.17, 15) is 14.7 Å². The second kappa shape index (κ2) is 10.4. The molecule has 1 saturated carbocycles. The van der Waals surface area contributed by atoms with E-state index in [1.807, 2.05) is 12.1 Å². The smallest absolute Gasteiger partial charge is 0.332 e. The minimum Gasteiger partial charge on any atom is -0.491 e. The molecule has 3 aromatic rings. The maximum Gasteiger partial charge on any atom is 0.332 e. The lowest BCUT2D eigenvalue weighted by Gasteiger charge is -2.18. The molecule has 1 atom stereocenters. The average molecular weight is 456 g/mol. The second-order valence-electron chi connectivity index (χ2n) is 8.86. The van der Waals surface area contributed by atoms with Gasteiger partial charge < -0.3 is 19.7 Å². The van der Waals surface area contributed by atoms with Crippen LogP contribution >= 0.6 is 0 Å². The van der Waals surface area contributed by atoms with E-state index in [0.717, 1.165) is 16.7 Å². The summed E-state index contributed by atoms with van der Waals surface area (Å²) in [5, 5.41) is 13.6. The molecule has 1 fully saturated rings. The molecule has 4 rings (SSSR count). The van der Waals surface area contributed by atoms with Crippen LogP contribution in [0.15, 0.2) is 40.2 Å². The number of fused-ring (bicyclic) bond motifs is 1. The van der Waals surface area contributed by atoms with Gasteiger partial charge in [0, 0.05) is 27.2 Å². The van der Waals surface area contributed by atoms with E-state index in [2.05, 4.69) is 22.4 Å². The van der Waals surface area contributed by atoms with E-state index < -0.39 is 6.10 Å². The number of nitrogens with zero attached hydrogens (tertiary/aromatic N) is 4. The molecule has 0 bridgehead atoms. The molecular weight excluding hydrogens is 422 g/mol. The zero-order valence-electron chi connectivity index (χ0n) is 19.4. The predicted molar refractivity (Wildman–Crippen MR) is 127 cm³/mol. The topological polar surface area (TPSA) is 103 Å². The zero-order chi connectivity index (χ0) is 23.4. The van der Waals surface area contributed by atoms with Crippen LogP contribution in [-0.4, -0.2) is 49.6 Å². The SMILES string of the molecule is Cn1c(=O)c2c(ncn2CCCNCC(O)COc2ccccc2C2CCCC2)n(C)c1=O. The number of hydrogen-bond acceptors (Lipinski definition) is 6. The van der Waals surface area contributed by atoms with Crippen molar-refractivity contribution in [2.24, 2.45) is 14.1 Å². The molecular formula is C24H33N5O4. The summed E-state index contributed by atoms with van der Waals surface area (Å²) in [5.41, 5.74) is 1.34. The van der Waals surface area contributed by atoms with Gasteiger partial charge in [-0.1, -0.05) is 31.0 Å². The molecule has 0 amide bonds. The lowest BCUT2D eigenvalue weighted by molar-refractivity contribution is 0.105. The van der Waals surface area contributed by atoms with Gasteiger partial charge in [0.25, 0.3) is 5.56 Å². The number of aliphatic hydroxyl groups excluding tert-OH is 1. The van der Waals surface area contributed by atoms with Crippen molar-refractivity contribution in [3.63, 3.8) is 0 Å². The van der Waals surface area contributed by atoms with Gasteiger partial charge in [-0.25, -0.2) is 9.78 Å². The first-order valence-electron chi connectivity index (χ1n) is 11.7. The quantitative estimate of drug-likeness (QED) is 0.449. The van der Waals surface area contributed by atoms with E-state index in [0.29, 0.717) is 36.7 Å². The number of rotatable bonds is 10. The van der Waals surface area contributed by atoms with Crippen molar-refractivity contribution in [2.45, 2.75) is 50.7 Å². The molecule has 9 heteroatoms. The van der Waals surface area contributed by atoms with Crippen molar-refractivity contribution in [1.82, 2.24) is 24.0 Å². The molecule has 0 radical (unpaired) electrons. The van der Waals surface area contributed by atoms with Crippen LogP contribution in [0.1, 0.15) is 43.6 Å². The van der Waals surface area contributed by atoms with E-state index in [1.165, 1.54) is 42.9 Å². The Bertz CT molecular complexity index is 1210.